The summed E-state index contributed by atoms with van der Waals surface area (Å²) >= 11 is 3.94. The highest BCUT2D eigenvalue weighted by molar-refractivity contribution is 7.81. The number of benzene rings is 1. The Morgan fingerprint density at radius 1 is 0.600 bits per heavy atom. The van der Waals surface area contributed by atoms with Crippen molar-refractivity contribution in [2.24, 2.45) is 0 Å². The zero-order valence-corrected chi connectivity index (χ0v) is 30.2. The lowest BCUT2D eigenvalue weighted by Gasteiger charge is -2.09. The highest BCUT2D eigenvalue weighted by Gasteiger charge is 2.11. The third kappa shape index (κ3) is 27.1. The maximum Gasteiger partial charge on any atom is 0.407 e. The lowest BCUT2D eigenvalue weighted by atomic mass is 10.1. The molecule has 0 aliphatic heterocycles. The smallest absolute Gasteiger partial charge is 0.407 e. The van der Waals surface area contributed by atoms with Crippen LogP contribution in [-0.2, 0) is 44.5 Å². The number of carbonyl (C=O) groups is 3. The second kappa shape index (κ2) is 33.4. The van der Waals surface area contributed by atoms with Gasteiger partial charge in [0.25, 0.3) is 5.91 Å². The molecule has 0 fully saturated rings. The molecule has 16 heteroatoms. The van der Waals surface area contributed by atoms with Crippen molar-refractivity contribution in [2.45, 2.75) is 64.3 Å². The second-order valence-electron chi connectivity index (χ2n) is 11.1. The topological polar surface area (TPSA) is 192 Å². The monoisotopic (exact) mass is 733 g/mol. The van der Waals surface area contributed by atoms with Gasteiger partial charge in [-0.1, -0.05) is 51.0 Å². The van der Waals surface area contributed by atoms with Gasteiger partial charge < -0.3 is 48.9 Å². The van der Waals surface area contributed by atoms with E-state index in [1.807, 2.05) is 0 Å². The molecule has 0 aromatic heterocycles. The highest BCUT2D eigenvalue weighted by Crippen LogP contribution is 2.18. The van der Waals surface area contributed by atoms with Crippen molar-refractivity contribution in [2.75, 3.05) is 98.2 Å². The molecule has 0 heterocycles. The molecule has 0 spiro atoms. The maximum absolute atomic E-state index is 11.8. The molecule has 5 N–H and O–H groups in total. The van der Waals surface area contributed by atoms with Crippen molar-refractivity contribution in [3.05, 3.63) is 29.3 Å². The number of hydrogen-bond donors (Lipinski definition) is 6. The number of hydrogen-bond acceptors (Lipinski definition) is 13. The summed E-state index contributed by atoms with van der Waals surface area (Å²) in [4.78, 5) is 34.2. The number of ether oxygens (including phenoxy) is 7. The van der Waals surface area contributed by atoms with Crippen LogP contribution in [0.5, 0.6) is 5.75 Å². The Labute approximate surface area is 301 Å². The number of rotatable bonds is 34. The minimum absolute atomic E-state index is 0.00644. The highest BCUT2D eigenvalue weighted by atomic mass is 32.1. The van der Waals surface area contributed by atoms with E-state index in [2.05, 4.69) is 23.3 Å². The summed E-state index contributed by atoms with van der Waals surface area (Å²) in [6.07, 6.45) is 10.1. The van der Waals surface area contributed by atoms with Crippen LogP contribution < -0.4 is 16.1 Å². The zero-order chi connectivity index (χ0) is 36.3. The predicted octanol–water partition coefficient (Wildman–Crippen LogP) is 3.39. The molecule has 0 aliphatic rings. The van der Waals surface area contributed by atoms with Crippen molar-refractivity contribution < 1.29 is 57.9 Å². The molecule has 0 atom stereocenters. The van der Waals surface area contributed by atoms with Crippen molar-refractivity contribution in [3.63, 3.8) is 0 Å². The molecule has 1 aromatic rings. The van der Waals surface area contributed by atoms with Crippen LogP contribution in [0.2, 0.25) is 0 Å². The Bertz CT molecular complexity index is 1010. The molecule has 15 nitrogen and oxygen atoms in total. The van der Waals surface area contributed by atoms with Gasteiger partial charge in [-0.2, -0.15) is 12.6 Å². The van der Waals surface area contributed by atoms with E-state index in [1.165, 1.54) is 68.6 Å². The molecule has 0 saturated heterocycles. The van der Waals surface area contributed by atoms with Crippen LogP contribution in [0, 0.1) is 0 Å². The van der Waals surface area contributed by atoms with Gasteiger partial charge in [0.2, 0.25) is 5.91 Å². The second-order valence-corrected chi connectivity index (χ2v) is 11.5. The van der Waals surface area contributed by atoms with Gasteiger partial charge in [-0.25, -0.2) is 10.3 Å². The summed E-state index contributed by atoms with van der Waals surface area (Å²) in [5.41, 5.74) is 1.89. The molecule has 288 valence electrons. The SMILES string of the molecule is O=C(CS)NCCCCCCCCCCCOCCOCCOCCOCCOCCOCCOC(=O)NCc1ccc(C(=O)NO)c(O)c1. The molecule has 0 radical (unpaired) electrons. The summed E-state index contributed by atoms with van der Waals surface area (Å²) in [5, 5.41) is 23.8. The number of phenols is 1. The van der Waals surface area contributed by atoms with Crippen molar-refractivity contribution in [3.8, 4) is 5.75 Å². The number of nitrogens with one attached hydrogen (secondary N) is 3. The van der Waals surface area contributed by atoms with E-state index < -0.39 is 12.0 Å². The lowest BCUT2D eigenvalue weighted by molar-refractivity contribution is -0.118. The number of thiol groups is 1. The molecular weight excluding hydrogens is 674 g/mol. The van der Waals surface area contributed by atoms with E-state index in [0.29, 0.717) is 71.6 Å². The van der Waals surface area contributed by atoms with E-state index in [0.717, 1.165) is 26.0 Å². The fraction of sp³-hybridized carbons (Fsp3) is 0.735. The van der Waals surface area contributed by atoms with Crippen LogP contribution in [0.4, 0.5) is 4.79 Å². The fourth-order valence-corrected chi connectivity index (χ4v) is 4.52. The minimum Gasteiger partial charge on any atom is -0.507 e. The quantitative estimate of drug-likeness (QED) is 0.0262. The predicted molar refractivity (Wildman–Crippen MR) is 189 cm³/mol. The summed E-state index contributed by atoms with van der Waals surface area (Å²) in [6, 6.07) is 4.15. The van der Waals surface area contributed by atoms with Gasteiger partial charge in [-0.05, 0) is 30.5 Å². The van der Waals surface area contributed by atoms with E-state index in [9.17, 15) is 19.5 Å². The first kappa shape index (κ1) is 45.3. The van der Waals surface area contributed by atoms with Crippen LogP contribution >= 0.6 is 12.6 Å². The fourth-order valence-electron chi connectivity index (χ4n) is 4.41. The summed E-state index contributed by atoms with van der Waals surface area (Å²) in [7, 11) is 0. The molecular formula is C34H59N3O12S. The number of phenolic OH excluding ortho intramolecular Hbond substituents is 1. The van der Waals surface area contributed by atoms with Crippen molar-refractivity contribution in [1.82, 2.24) is 16.1 Å². The number of carbonyl (C=O) groups excluding carboxylic acids is 3. The molecule has 0 bridgehead atoms. The number of alkyl carbamates (subject to hydrolysis) is 1. The molecule has 0 saturated carbocycles. The average Bonchev–Trinajstić information content (AvgIpc) is 3.12. The first-order valence-corrected chi connectivity index (χ1v) is 18.1. The van der Waals surface area contributed by atoms with Crippen LogP contribution in [0.1, 0.15) is 73.7 Å². The minimum atomic E-state index is -0.838. The van der Waals surface area contributed by atoms with E-state index >= 15 is 0 Å². The first-order chi connectivity index (χ1) is 24.5. The average molecular weight is 734 g/mol. The molecule has 0 aliphatic carbocycles. The van der Waals surface area contributed by atoms with Crippen LogP contribution in [0.15, 0.2) is 18.2 Å². The Morgan fingerprint density at radius 3 is 1.54 bits per heavy atom. The van der Waals surface area contributed by atoms with Gasteiger partial charge in [0.1, 0.15) is 12.4 Å². The normalized spacial score (nSPS) is 11.0. The van der Waals surface area contributed by atoms with Gasteiger partial charge in [0, 0.05) is 19.7 Å². The Kier molecular flexibility index (Phi) is 30.3. The Balaban J connectivity index is 1.73. The standard InChI is InChI=1S/C34H59N3O12S/c38-31-26-29(10-11-30(31)33(40)37-42)27-36-34(41)49-25-24-48-23-22-47-21-20-46-19-18-45-17-16-44-15-14-43-13-9-7-5-3-1-2-4-6-8-12-35-32(39)28-50/h10-11,26,38,42,50H,1-9,12-25,27-28H2,(H,35,39)(H,36,41)(H,37,40). The van der Waals surface area contributed by atoms with Crippen LogP contribution in [0.25, 0.3) is 0 Å². The van der Waals surface area contributed by atoms with E-state index in [4.69, 9.17) is 38.4 Å². The number of unbranched alkanes of at least 4 members (excludes halogenated alkanes) is 8. The number of aromatic hydroxyl groups is 1. The van der Waals surface area contributed by atoms with Gasteiger partial charge in [0.15, 0.2) is 0 Å². The molecule has 1 aromatic carbocycles. The van der Waals surface area contributed by atoms with E-state index in [1.54, 1.807) is 0 Å². The molecule has 1 rings (SSSR count). The van der Waals surface area contributed by atoms with Crippen LogP contribution in [-0.4, -0.2) is 126 Å². The van der Waals surface area contributed by atoms with Gasteiger partial charge in [-0.15, -0.1) is 0 Å². The summed E-state index contributed by atoms with van der Waals surface area (Å²) in [5.74, 6) is -0.897. The van der Waals surface area contributed by atoms with Crippen molar-refractivity contribution >= 4 is 30.5 Å². The van der Waals surface area contributed by atoms with Gasteiger partial charge in [-0.3, -0.25) is 14.8 Å². The van der Waals surface area contributed by atoms with E-state index in [-0.39, 0.29) is 42.7 Å². The lowest BCUT2D eigenvalue weighted by Crippen LogP contribution is -2.25. The van der Waals surface area contributed by atoms with Gasteiger partial charge >= 0.3 is 6.09 Å². The van der Waals surface area contributed by atoms with Crippen LogP contribution in [0.3, 0.4) is 0 Å². The third-order valence-corrected chi connectivity index (χ3v) is 7.38. The zero-order valence-electron chi connectivity index (χ0n) is 29.3. The summed E-state index contributed by atoms with van der Waals surface area (Å²) < 4.78 is 37.9. The molecule has 0 unspecified atom stereocenters. The Hall–Kier alpha value is -2.70. The first-order valence-electron chi connectivity index (χ1n) is 17.5. The summed E-state index contributed by atoms with van der Waals surface area (Å²) in [6.45, 7) is 6.57. The maximum atomic E-state index is 11.8. The molecule has 3 amide bonds. The third-order valence-electron chi connectivity index (χ3n) is 7.10. The Morgan fingerprint density at radius 2 is 1.06 bits per heavy atom. The number of hydroxylamine groups is 1. The largest absolute Gasteiger partial charge is 0.507 e. The van der Waals surface area contributed by atoms with Gasteiger partial charge in [0.05, 0.1) is 84.0 Å². The van der Waals surface area contributed by atoms with Crippen molar-refractivity contribution in [1.29, 1.82) is 0 Å². The number of amides is 3. The molecule has 50 heavy (non-hydrogen) atoms.